The lowest BCUT2D eigenvalue weighted by atomic mass is 10.00. The fourth-order valence-electron chi connectivity index (χ4n) is 2.69. The Morgan fingerprint density at radius 3 is 2.30 bits per heavy atom. The Labute approximate surface area is 156 Å². The van der Waals surface area contributed by atoms with Crippen LogP contribution in [0, 0.1) is 35.0 Å². The number of hydrogen-bond donors (Lipinski definition) is 0. The van der Waals surface area contributed by atoms with E-state index in [1.807, 2.05) is 4.31 Å². The number of rotatable bonds is 4. The number of piperidine rings is 1. The Hall–Kier alpha value is -2.13. The molecule has 0 saturated carbocycles. The zero-order chi connectivity index (χ0) is 19.6. The van der Waals surface area contributed by atoms with E-state index in [1.165, 1.54) is 24.1 Å². The van der Waals surface area contributed by atoms with E-state index in [0.29, 0.717) is 19.4 Å². The maximum atomic E-state index is 13.7. The number of halogens is 5. The third kappa shape index (κ3) is 4.59. The molecule has 1 saturated heterocycles. The standard InChI is InChI=1S/C18H14F5NO2S/c19-11-3-5-12(6-4-11)27-24-7-1-2-10(9-24)18(25)26-17-15(22)13(20)8-14(21)16(17)23/h3-6,8,10H,1-2,7,9H2. The molecule has 0 N–H and O–H groups in total. The van der Waals surface area contributed by atoms with Crippen LogP contribution in [0.2, 0.25) is 0 Å². The summed E-state index contributed by atoms with van der Waals surface area (Å²) >= 11 is 1.30. The van der Waals surface area contributed by atoms with Crippen molar-refractivity contribution >= 4 is 17.9 Å². The molecule has 1 atom stereocenters. The molecule has 1 aliphatic rings. The first-order valence-electron chi connectivity index (χ1n) is 8.08. The number of carbonyl (C=O) groups excluding carboxylic acids is 1. The molecule has 144 valence electrons. The van der Waals surface area contributed by atoms with E-state index in [2.05, 4.69) is 4.74 Å². The van der Waals surface area contributed by atoms with Gasteiger partial charge in [0.1, 0.15) is 5.82 Å². The molecule has 1 unspecified atom stereocenters. The average Bonchev–Trinajstić information content (AvgIpc) is 2.65. The van der Waals surface area contributed by atoms with Crippen LogP contribution in [-0.2, 0) is 4.79 Å². The molecule has 0 aliphatic carbocycles. The summed E-state index contributed by atoms with van der Waals surface area (Å²) in [5.74, 6) is -10.2. The summed E-state index contributed by atoms with van der Waals surface area (Å²) < 4.78 is 73.2. The van der Waals surface area contributed by atoms with Crippen LogP contribution in [0.25, 0.3) is 0 Å². The third-order valence-electron chi connectivity index (χ3n) is 4.04. The Morgan fingerprint density at radius 1 is 1.04 bits per heavy atom. The number of hydrogen-bond acceptors (Lipinski definition) is 4. The van der Waals surface area contributed by atoms with Gasteiger partial charge in [-0.25, -0.2) is 17.5 Å². The Balaban J connectivity index is 1.68. The molecule has 1 aliphatic heterocycles. The quantitative estimate of drug-likeness (QED) is 0.243. The summed E-state index contributed by atoms with van der Waals surface area (Å²) in [6.45, 7) is 0.852. The number of nitrogens with zero attached hydrogens (tertiary/aromatic N) is 1. The number of ether oxygens (including phenoxy) is 1. The molecule has 0 aromatic heterocycles. The maximum Gasteiger partial charge on any atom is 0.315 e. The smallest absolute Gasteiger partial charge is 0.315 e. The summed E-state index contributed by atoms with van der Waals surface area (Å²) in [6.07, 6.45) is 1.01. The minimum absolute atomic E-state index is 0.0453. The predicted molar refractivity (Wildman–Crippen MR) is 88.5 cm³/mol. The van der Waals surface area contributed by atoms with Crippen molar-refractivity contribution < 1.29 is 31.5 Å². The number of benzene rings is 2. The number of carbonyl (C=O) groups is 1. The van der Waals surface area contributed by atoms with E-state index >= 15 is 0 Å². The monoisotopic (exact) mass is 403 g/mol. The Morgan fingerprint density at radius 2 is 1.67 bits per heavy atom. The van der Waals surface area contributed by atoms with Gasteiger partial charge in [-0.15, -0.1) is 0 Å². The van der Waals surface area contributed by atoms with Gasteiger partial charge in [0.2, 0.25) is 17.4 Å². The van der Waals surface area contributed by atoms with Crippen molar-refractivity contribution in [3.05, 3.63) is 59.4 Å². The van der Waals surface area contributed by atoms with E-state index in [0.717, 1.165) is 4.90 Å². The third-order valence-corrected chi connectivity index (χ3v) is 5.11. The van der Waals surface area contributed by atoms with E-state index in [1.54, 1.807) is 12.1 Å². The lowest BCUT2D eigenvalue weighted by molar-refractivity contribution is -0.140. The van der Waals surface area contributed by atoms with E-state index < -0.39 is 40.9 Å². The highest BCUT2D eigenvalue weighted by molar-refractivity contribution is 7.97. The summed E-state index contributed by atoms with van der Waals surface area (Å²) in [5.41, 5.74) is 0. The van der Waals surface area contributed by atoms with Gasteiger partial charge in [-0.3, -0.25) is 4.79 Å². The van der Waals surface area contributed by atoms with Gasteiger partial charge in [-0.1, -0.05) is 0 Å². The molecular formula is C18H14F5NO2S. The van der Waals surface area contributed by atoms with E-state index in [9.17, 15) is 26.7 Å². The van der Waals surface area contributed by atoms with Crippen LogP contribution in [0.1, 0.15) is 12.8 Å². The van der Waals surface area contributed by atoms with Gasteiger partial charge in [0.25, 0.3) is 0 Å². The molecule has 0 bridgehead atoms. The molecule has 1 fully saturated rings. The van der Waals surface area contributed by atoms with Crippen LogP contribution in [-0.4, -0.2) is 23.4 Å². The van der Waals surface area contributed by atoms with Crippen LogP contribution < -0.4 is 4.74 Å². The summed E-state index contributed by atoms with van der Waals surface area (Å²) in [4.78, 5) is 13.0. The van der Waals surface area contributed by atoms with Crippen LogP contribution >= 0.6 is 11.9 Å². The van der Waals surface area contributed by atoms with Crippen molar-refractivity contribution in [2.75, 3.05) is 13.1 Å². The topological polar surface area (TPSA) is 29.5 Å². The second kappa shape index (κ2) is 8.26. The summed E-state index contributed by atoms with van der Waals surface area (Å²) in [6, 6.07) is 5.83. The van der Waals surface area contributed by atoms with Crippen molar-refractivity contribution in [1.82, 2.24) is 4.31 Å². The van der Waals surface area contributed by atoms with Crippen molar-refractivity contribution in [3.63, 3.8) is 0 Å². The van der Waals surface area contributed by atoms with Crippen LogP contribution in [0.3, 0.4) is 0 Å². The predicted octanol–water partition coefficient (Wildman–Crippen LogP) is 4.71. The molecule has 2 aromatic rings. The lowest BCUT2D eigenvalue weighted by Crippen LogP contribution is -2.36. The van der Waals surface area contributed by atoms with Gasteiger partial charge >= 0.3 is 5.97 Å². The zero-order valence-electron chi connectivity index (χ0n) is 13.9. The van der Waals surface area contributed by atoms with Crippen molar-refractivity contribution in [2.45, 2.75) is 17.7 Å². The van der Waals surface area contributed by atoms with Crippen molar-refractivity contribution in [3.8, 4) is 5.75 Å². The van der Waals surface area contributed by atoms with Gasteiger partial charge in [0, 0.05) is 24.1 Å². The Kier molecular flexibility index (Phi) is 6.01. The largest absolute Gasteiger partial charge is 0.420 e. The minimum atomic E-state index is -1.75. The van der Waals surface area contributed by atoms with E-state index in [4.69, 9.17) is 0 Å². The molecule has 2 aromatic carbocycles. The second-order valence-electron chi connectivity index (χ2n) is 5.99. The first kappa shape index (κ1) is 19.6. The SMILES string of the molecule is O=C(Oc1c(F)c(F)cc(F)c1F)C1CCCN(Sc2ccc(F)cc2)C1. The fourth-order valence-corrected chi connectivity index (χ4v) is 3.72. The second-order valence-corrected chi connectivity index (χ2v) is 7.16. The number of esters is 1. The molecular weight excluding hydrogens is 389 g/mol. The van der Waals surface area contributed by atoms with Crippen LogP contribution in [0.5, 0.6) is 5.75 Å². The first-order chi connectivity index (χ1) is 12.8. The molecule has 0 spiro atoms. The molecule has 9 heteroatoms. The average molecular weight is 403 g/mol. The molecule has 27 heavy (non-hydrogen) atoms. The van der Waals surface area contributed by atoms with Crippen LogP contribution in [0.15, 0.2) is 35.2 Å². The lowest BCUT2D eigenvalue weighted by Gasteiger charge is -2.30. The minimum Gasteiger partial charge on any atom is -0.420 e. The van der Waals surface area contributed by atoms with Gasteiger partial charge in [0.05, 0.1) is 5.92 Å². The van der Waals surface area contributed by atoms with Crippen LogP contribution in [0.4, 0.5) is 22.0 Å². The molecule has 0 amide bonds. The zero-order valence-corrected chi connectivity index (χ0v) is 14.7. The first-order valence-corrected chi connectivity index (χ1v) is 8.85. The highest BCUT2D eigenvalue weighted by atomic mass is 32.2. The van der Waals surface area contributed by atoms with Gasteiger partial charge in [-0.05, 0) is 49.1 Å². The summed E-state index contributed by atoms with van der Waals surface area (Å²) in [5, 5.41) is 0. The fraction of sp³-hybridized carbons (Fsp3) is 0.278. The van der Waals surface area contributed by atoms with E-state index in [-0.39, 0.29) is 18.4 Å². The molecule has 1 heterocycles. The Bertz CT molecular complexity index is 820. The summed E-state index contributed by atoms with van der Waals surface area (Å²) in [7, 11) is 0. The van der Waals surface area contributed by atoms with Gasteiger partial charge in [-0.2, -0.15) is 8.78 Å². The van der Waals surface area contributed by atoms with Gasteiger partial charge < -0.3 is 4.74 Å². The molecule has 0 radical (unpaired) electrons. The van der Waals surface area contributed by atoms with Crippen molar-refractivity contribution in [1.29, 1.82) is 0 Å². The van der Waals surface area contributed by atoms with Gasteiger partial charge in [0.15, 0.2) is 11.6 Å². The normalized spacial score (nSPS) is 17.7. The van der Waals surface area contributed by atoms with Crippen molar-refractivity contribution in [2.24, 2.45) is 5.92 Å². The highest BCUT2D eigenvalue weighted by Gasteiger charge is 2.31. The molecule has 3 nitrogen and oxygen atoms in total. The highest BCUT2D eigenvalue weighted by Crippen LogP contribution is 2.31. The maximum absolute atomic E-state index is 13.7. The molecule has 3 rings (SSSR count).